The maximum Gasteiger partial charge on any atom is 0.416 e. The van der Waals surface area contributed by atoms with Crippen molar-refractivity contribution in [3.05, 3.63) is 136 Å². The number of carbonyl (C=O) groups excluding carboxylic acids is 2. The Balaban J connectivity index is 1.39. The van der Waals surface area contributed by atoms with E-state index in [1.54, 1.807) is 0 Å². The van der Waals surface area contributed by atoms with Crippen LogP contribution in [0.15, 0.2) is 97.1 Å². The molecule has 45 heavy (non-hydrogen) atoms. The number of halogens is 3. The van der Waals surface area contributed by atoms with Crippen LogP contribution in [-0.4, -0.2) is 11.9 Å². The van der Waals surface area contributed by atoms with Crippen LogP contribution in [0.3, 0.4) is 0 Å². The second-order valence-corrected chi connectivity index (χ2v) is 13.0. The van der Waals surface area contributed by atoms with E-state index in [0.717, 1.165) is 36.1 Å². The van der Waals surface area contributed by atoms with Crippen LogP contribution in [0.2, 0.25) is 0 Å². The van der Waals surface area contributed by atoms with Crippen molar-refractivity contribution in [1.29, 1.82) is 0 Å². The first-order chi connectivity index (χ1) is 21.2. The number of hydrogen-bond donors (Lipinski definition) is 0. The number of alkyl halides is 3. The van der Waals surface area contributed by atoms with Gasteiger partial charge in [-0.2, -0.15) is 13.2 Å². The average molecular weight is 615 g/mol. The Bertz CT molecular complexity index is 1650. The summed E-state index contributed by atoms with van der Waals surface area (Å²) < 4.78 is 50.8. The van der Waals surface area contributed by atoms with Gasteiger partial charge in [0.2, 0.25) is 0 Å². The SMILES string of the molecule is CC1(C)CCC(C)(C)c2cc(C(Cc3ccc(C(F)(F)F)cc3)C(=O)Oc3ccc(C(=O)OCc4ccccc4)cc3)ccc21. The zero-order valence-electron chi connectivity index (χ0n) is 25.9. The monoisotopic (exact) mass is 614 g/mol. The minimum Gasteiger partial charge on any atom is -0.457 e. The molecule has 0 heterocycles. The van der Waals surface area contributed by atoms with Crippen LogP contribution in [-0.2, 0) is 39.6 Å². The summed E-state index contributed by atoms with van der Waals surface area (Å²) in [4.78, 5) is 26.3. The molecule has 4 aromatic carbocycles. The number of fused-ring (bicyclic) bond motifs is 1. The molecule has 0 aliphatic heterocycles. The molecule has 7 heteroatoms. The molecule has 0 saturated heterocycles. The van der Waals surface area contributed by atoms with Crippen molar-refractivity contribution in [2.75, 3.05) is 0 Å². The lowest BCUT2D eigenvalue weighted by atomic mass is 9.62. The molecule has 5 rings (SSSR count). The van der Waals surface area contributed by atoms with Crippen molar-refractivity contribution in [2.45, 2.75) is 76.5 Å². The highest BCUT2D eigenvalue weighted by molar-refractivity contribution is 5.89. The highest BCUT2D eigenvalue weighted by Gasteiger charge is 2.38. The quantitative estimate of drug-likeness (QED) is 0.147. The van der Waals surface area contributed by atoms with E-state index in [2.05, 4.69) is 39.8 Å². The van der Waals surface area contributed by atoms with Crippen LogP contribution < -0.4 is 4.74 Å². The van der Waals surface area contributed by atoms with Crippen molar-refractivity contribution in [2.24, 2.45) is 0 Å². The van der Waals surface area contributed by atoms with Crippen molar-refractivity contribution < 1.29 is 32.2 Å². The molecule has 1 atom stereocenters. The molecule has 0 amide bonds. The topological polar surface area (TPSA) is 52.6 Å². The van der Waals surface area contributed by atoms with Gasteiger partial charge >= 0.3 is 18.1 Å². The molecule has 1 unspecified atom stereocenters. The average Bonchev–Trinajstić information content (AvgIpc) is 3.01. The summed E-state index contributed by atoms with van der Waals surface area (Å²) in [5.74, 6) is -1.57. The van der Waals surface area contributed by atoms with Gasteiger partial charge in [-0.25, -0.2) is 4.79 Å². The summed E-state index contributed by atoms with van der Waals surface area (Å²) in [5, 5.41) is 0. The molecule has 0 bridgehead atoms. The minimum absolute atomic E-state index is 0.0171. The van der Waals surface area contributed by atoms with Crippen LogP contribution in [0.5, 0.6) is 5.75 Å². The van der Waals surface area contributed by atoms with Gasteiger partial charge in [0, 0.05) is 0 Å². The third-order valence-electron chi connectivity index (χ3n) is 8.81. The lowest BCUT2D eigenvalue weighted by Gasteiger charge is -2.42. The molecule has 4 nitrogen and oxygen atoms in total. The fourth-order valence-corrected chi connectivity index (χ4v) is 5.88. The Labute approximate surface area is 262 Å². The van der Waals surface area contributed by atoms with Crippen molar-refractivity contribution in [1.82, 2.24) is 0 Å². The van der Waals surface area contributed by atoms with Gasteiger partial charge in [0.25, 0.3) is 0 Å². The molecule has 0 N–H and O–H groups in total. The summed E-state index contributed by atoms with van der Waals surface area (Å²) in [6.07, 6.45) is -2.26. The van der Waals surface area contributed by atoms with E-state index in [-0.39, 0.29) is 29.6 Å². The summed E-state index contributed by atoms with van der Waals surface area (Å²) >= 11 is 0. The van der Waals surface area contributed by atoms with Crippen LogP contribution in [0.4, 0.5) is 13.2 Å². The first-order valence-electron chi connectivity index (χ1n) is 15.1. The zero-order valence-corrected chi connectivity index (χ0v) is 25.9. The highest BCUT2D eigenvalue weighted by Crippen LogP contribution is 2.46. The second-order valence-electron chi connectivity index (χ2n) is 13.0. The number of benzene rings is 4. The maximum atomic E-state index is 13.8. The smallest absolute Gasteiger partial charge is 0.416 e. The van der Waals surface area contributed by atoms with Gasteiger partial charge < -0.3 is 9.47 Å². The van der Waals surface area contributed by atoms with Crippen LogP contribution in [0, 0.1) is 0 Å². The Kier molecular flexibility index (Phi) is 8.92. The molecule has 1 aliphatic rings. The number of ether oxygens (including phenoxy) is 2. The Morgan fingerprint density at radius 1 is 0.756 bits per heavy atom. The van der Waals surface area contributed by atoms with Gasteiger partial charge in [-0.05, 0) is 94.3 Å². The molecule has 0 fully saturated rings. The van der Waals surface area contributed by atoms with Crippen LogP contribution >= 0.6 is 0 Å². The second kappa shape index (κ2) is 12.5. The fourth-order valence-electron chi connectivity index (χ4n) is 5.88. The van der Waals surface area contributed by atoms with E-state index in [0.29, 0.717) is 11.1 Å². The highest BCUT2D eigenvalue weighted by atomic mass is 19.4. The number of rotatable bonds is 8. The first-order valence-corrected chi connectivity index (χ1v) is 15.1. The summed E-state index contributed by atoms with van der Waals surface area (Å²) in [7, 11) is 0. The molecule has 0 spiro atoms. The van der Waals surface area contributed by atoms with Crippen molar-refractivity contribution >= 4 is 11.9 Å². The van der Waals surface area contributed by atoms with E-state index in [1.807, 2.05) is 36.4 Å². The summed E-state index contributed by atoms with van der Waals surface area (Å²) in [5.41, 5.74) is 4.04. The number of carbonyl (C=O) groups is 2. The lowest BCUT2D eigenvalue weighted by molar-refractivity contribution is -0.138. The van der Waals surface area contributed by atoms with Gasteiger partial charge in [-0.3, -0.25) is 4.79 Å². The molecular formula is C38H37F3O4. The van der Waals surface area contributed by atoms with E-state index in [1.165, 1.54) is 47.5 Å². The molecule has 1 aliphatic carbocycles. The van der Waals surface area contributed by atoms with Crippen LogP contribution in [0.1, 0.15) is 90.2 Å². The van der Waals surface area contributed by atoms with E-state index in [9.17, 15) is 22.8 Å². The molecule has 4 aromatic rings. The van der Waals surface area contributed by atoms with E-state index >= 15 is 0 Å². The number of esters is 2. The largest absolute Gasteiger partial charge is 0.457 e. The van der Waals surface area contributed by atoms with Crippen molar-refractivity contribution in [3.63, 3.8) is 0 Å². The van der Waals surface area contributed by atoms with Crippen LogP contribution in [0.25, 0.3) is 0 Å². The minimum atomic E-state index is -4.45. The Morgan fingerprint density at radius 2 is 1.38 bits per heavy atom. The van der Waals surface area contributed by atoms with Gasteiger partial charge in [0.15, 0.2) is 0 Å². The van der Waals surface area contributed by atoms with Gasteiger partial charge in [0.05, 0.1) is 17.0 Å². The molecule has 234 valence electrons. The number of hydrogen-bond acceptors (Lipinski definition) is 4. The third kappa shape index (κ3) is 7.47. The summed E-state index contributed by atoms with van der Waals surface area (Å²) in [6, 6.07) is 26.4. The van der Waals surface area contributed by atoms with Crippen molar-refractivity contribution in [3.8, 4) is 5.75 Å². The zero-order chi connectivity index (χ0) is 32.4. The van der Waals surface area contributed by atoms with Gasteiger partial charge in [-0.1, -0.05) is 88.4 Å². The molecule has 0 aromatic heterocycles. The lowest BCUT2D eigenvalue weighted by Crippen LogP contribution is -2.34. The normalized spacial score (nSPS) is 15.9. The molecule has 0 saturated carbocycles. The predicted octanol–water partition coefficient (Wildman–Crippen LogP) is 9.34. The van der Waals surface area contributed by atoms with Gasteiger partial charge in [-0.15, -0.1) is 0 Å². The molecule has 0 radical (unpaired) electrons. The fraction of sp³-hybridized carbons (Fsp3) is 0.316. The Morgan fingerprint density at radius 3 is 2.00 bits per heavy atom. The third-order valence-corrected chi connectivity index (χ3v) is 8.81. The van der Waals surface area contributed by atoms with E-state index < -0.39 is 29.6 Å². The molecular weight excluding hydrogens is 577 g/mol. The standard InChI is InChI=1S/C38H37F3O4/c1-36(2)20-21-37(3,4)33-23-28(14-19-32(33)36)31(22-25-10-15-29(16-11-25)38(39,40)41)35(43)45-30-17-12-27(13-18-30)34(42)44-24-26-8-6-5-7-9-26/h5-19,23,31H,20-22,24H2,1-4H3. The maximum absolute atomic E-state index is 13.8. The first kappa shape index (κ1) is 32.0. The summed E-state index contributed by atoms with van der Waals surface area (Å²) in [6.45, 7) is 8.96. The predicted molar refractivity (Wildman–Crippen MR) is 167 cm³/mol. The van der Waals surface area contributed by atoms with Gasteiger partial charge in [0.1, 0.15) is 12.4 Å². The Hall–Kier alpha value is -4.39. The van der Waals surface area contributed by atoms with E-state index in [4.69, 9.17) is 9.47 Å².